The Bertz CT molecular complexity index is 1030. The first-order valence-corrected chi connectivity index (χ1v) is 11.5. The van der Waals surface area contributed by atoms with E-state index in [1.807, 2.05) is 6.08 Å². The van der Waals surface area contributed by atoms with Crippen LogP contribution in [0.2, 0.25) is 0 Å². The van der Waals surface area contributed by atoms with E-state index in [1.165, 1.54) is 23.8 Å². The number of carboxylic acids is 1. The van der Waals surface area contributed by atoms with Gasteiger partial charge in [0.1, 0.15) is 24.2 Å². The number of hydrogen-bond donors (Lipinski definition) is 3. The van der Waals surface area contributed by atoms with E-state index in [0.717, 1.165) is 24.4 Å². The van der Waals surface area contributed by atoms with Gasteiger partial charge in [-0.2, -0.15) is 9.36 Å². The zero-order valence-electron chi connectivity index (χ0n) is 16.9. The molecule has 0 radical (unpaired) electrons. The number of allylic oxidation sites excluding steroid dienone is 1. The van der Waals surface area contributed by atoms with Crippen molar-refractivity contribution in [3.05, 3.63) is 29.2 Å². The SMILES string of the molecule is CO/N=C(\C(=O)N[C@@H]1C(=O)N2C(C(=O)O)=C(/C=C/C3CCCO3)CS[C@@H]12)c1nsc(N)n1. The molecule has 12 nitrogen and oxygen atoms in total. The number of carbonyl (C=O) groups is 3. The second-order valence-electron chi connectivity index (χ2n) is 7.03. The third kappa shape index (κ3) is 4.20. The second-order valence-corrected chi connectivity index (χ2v) is 8.92. The zero-order valence-corrected chi connectivity index (χ0v) is 18.5. The number of ether oxygens (including phenoxy) is 1. The molecule has 2 amide bonds. The Morgan fingerprint density at radius 1 is 1.47 bits per heavy atom. The number of anilines is 1. The smallest absolute Gasteiger partial charge is 0.352 e. The first-order valence-electron chi connectivity index (χ1n) is 9.63. The molecule has 2 fully saturated rings. The minimum atomic E-state index is -1.20. The molecule has 3 atom stereocenters. The van der Waals surface area contributed by atoms with Crippen molar-refractivity contribution in [2.24, 2.45) is 5.16 Å². The van der Waals surface area contributed by atoms with Crippen LogP contribution in [0.4, 0.5) is 5.13 Å². The number of aromatic nitrogens is 2. The van der Waals surface area contributed by atoms with Crippen LogP contribution in [0.15, 0.2) is 28.6 Å². The number of nitrogen functional groups attached to an aromatic ring is 1. The predicted molar refractivity (Wildman–Crippen MR) is 116 cm³/mol. The fourth-order valence-electron chi connectivity index (χ4n) is 3.56. The molecule has 3 aliphatic heterocycles. The highest BCUT2D eigenvalue weighted by molar-refractivity contribution is 8.00. The Morgan fingerprint density at radius 3 is 2.91 bits per heavy atom. The number of nitrogens with two attached hydrogens (primary N) is 1. The average Bonchev–Trinajstić information content (AvgIpc) is 3.45. The fourth-order valence-corrected chi connectivity index (χ4v) is 5.32. The molecular weight excluding hydrogens is 460 g/mol. The Kier molecular flexibility index (Phi) is 6.43. The highest BCUT2D eigenvalue weighted by Gasteiger charge is 2.54. The van der Waals surface area contributed by atoms with Crippen LogP contribution in [0, 0.1) is 0 Å². The summed E-state index contributed by atoms with van der Waals surface area (Å²) in [6.45, 7) is 0.681. The maximum Gasteiger partial charge on any atom is 0.352 e. The maximum absolute atomic E-state index is 12.8. The van der Waals surface area contributed by atoms with Crippen molar-refractivity contribution in [1.82, 2.24) is 19.6 Å². The van der Waals surface area contributed by atoms with Crippen LogP contribution < -0.4 is 11.1 Å². The zero-order chi connectivity index (χ0) is 22.8. The largest absolute Gasteiger partial charge is 0.477 e. The molecule has 0 saturated carbocycles. The van der Waals surface area contributed by atoms with Crippen molar-refractivity contribution < 1.29 is 29.1 Å². The van der Waals surface area contributed by atoms with E-state index < -0.39 is 29.2 Å². The molecule has 1 aromatic rings. The second kappa shape index (κ2) is 9.26. The molecular formula is C18H20N6O6S2. The van der Waals surface area contributed by atoms with Crippen molar-refractivity contribution in [2.75, 3.05) is 25.2 Å². The van der Waals surface area contributed by atoms with E-state index in [4.69, 9.17) is 15.3 Å². The molecule has 1 aromatic heterocycles. The number of aliphatic carboxylic acids is 1. The van der Waals surface area contributed by atoms with Crippen LogP contribution in [-0.2, 0) is 24.0 Å². The van der Waals surface area contributed by atoms with E-state index in [0.29, 0.717) is 17.9 Å². The van der Waals surface area contributed by atoms with Gasteiger partial charge in [0.15, 0.2) is 5.13 Å². The van der Waals surface area contributed by atoms with Crippen molar-refractivity contribution in [3.8, 4) is 0 Å². The van der Waals surface area contributed by atoms with Gasteiger partial charge in [-0.1, -0.05) is 17.3 Å². The van der Waals surface area contributed by atoms with Gasteiger partial charge in [-0.05, 0) is 18.4 Å². The molecule has 4 rings (SSSR count). The first-order chi connectivity index (χ1) is 15.4. The number of hydrogen-bond acceptors (Lipinski definition) is 11. The molecule has 1 unspecified atom stereocenters. The monoisotopic (exact) mass is 480 g/mol. The molecule has 0 aromatic carbocycles. The lowest BCUT2D eigenvalue weighted by Crippen LogP contribution is -2.71. The number of nitrogens with one attached hydrogen (secondary N) is 1. The molecule has 4 heterocycles. The third-order valence-corrected chi connectivity index (χ3v) is 6.86. The highest BCUT2D eigenvalue weighted by Crippen LogP contribution is 2.40. The minimum absolute atomic E-state index is 0.0283. The van der Waals surface area contributed by atoms with Crippen LogP contribution in [-0.4, -0.2) is 79.8 Å². The molecule has 0 spiro atoms. The Hall–Kier alpha value is -2.97. The minimum Gasteiger partial charge on any atom is -0.477 e. The Labute approximate surface area is 190 Å². The molecule has 32 heavy (non-hydrogen) atoms. The number of fused-ring (bicyclic) bond motifs is 1. The summed E-state index contributed by atoms with van der Waals surface area (Å²) in [7, 11) is 1.26. The van der Waals surface area contributed by atoms with Crippen molar-refractivity contribution in [2.45, 2.75) is 30.4 Å². The Morgan fingerprint density at radius 2 is 2.28 bits per heavy atom. The van der Waals surface area contributed by atoms with Crippen LogP contribution >= 0.6 is 23.3 Å². The van der Waals surface area contributed by atoms with Crippen molar-refractivity contribution in [3.63, 3.8) is 0 Å². The summed E-state index contributed by atoms with van der Waals surface area (Å²) < 4.78 is 9.47. The number of carbonyl (C=O) groups excluding carboxylic acids is 2. The third-order valence-electron chi connectivity index (χ3n) is 5.02. The summed E-state index contributed by atoms with van der Waals surface area (Å²) in [5.74, 6) is -2.12. The fraction of sp³-hybridized carbons (Fsp3) is 0.444. The quantitative estimate of drug-likeness (QED) is 0.273. The van der Waals surface area contributed by atoms with Gasteiger partial charge in [0.2, 0.25) is 11.5 Å². The molecule has 3 aliphatic rings. The first kappa shape index (κ1) is 22.2. The van der Waals surface area contributed by atoms with Gasteiger partial charge in [-0.25, -0.2) is 4.79 Å². The summed E-state index contributed by atoms with van der Waals surface area (Å²) >= 11 is 2.25. The number of rotatable bonds is 7. The Balaban J connectivity index is 1.50. The number of β-lactam (4-membered cyclic amide) rings is 1. The molecule has 4 N–H and O–H groups in total. The number of amides is 2. The predicted octanol–water partition coefficient (Wildman–Crippen LogP) is -0.0554. The highest BCUT2D eigenvalue weighted by atomic mass is 32.2. The van der Waals surface area contributed by atoms with Crippen molar-refractivity contribution in [1.29, 1.82) is 0 Å². The summed E-state index contributed by atoms with van der Waals surface area (Å²) in [5, 5.41) is 15.5. The van der Waals surface area contributed by atoms with E-state index in [9.17, 15) is 19.5 Å². The van der Waals surface area contributed by atoms with E-state index in [2.05, 4.69) is 19.8 Å². The maximum atomic E-state index is 12.8. The molecule has 170 valence electrons. The van der Waals surface area contributed by atoms with Crippen LogP contribution in [0.5, 0.6) is 0 Å². The van der Waals surface area contributed by atoms with E-state index in [1.54, 1.807) is 6.08 Å². The topological polar surface area (TPSA) is 169 Å². The summed E-state index contributed by atoms with van der Waals surface area (Å²) in [6.07, 6.45) is 5.33. The van der Waals surface area contributed by atoms with Gasteiger partial charge >= 0.3 is 5.97 Å². The number of carboxylic acid groups (broad SMARTS) is 1. The average molecular weight is 481 g/mol. The van der Waals surface area contributed by atoms with Gasteiger partial charge in [0.05, 0.1) is 6.10 Å². The van der Waals surface area contributed by atoms with Crippen LogP contribution in [0.25, 0.3) is 0 Å². The van der Waals surface area contributed by atoms with Crippen LogP contribution in [0.1, 0.15) is 18.7 Å². The molecule has 0 aliphatic carbocycles. The number of nitrogens with zero attached hydrogens (tertiary/aromatic N) is 4. The standard InChI is InChI=1S/C18H20N6O6S2/c1-29-22-10(13-21-18(19)32-23-13)14(25)20-11-15(26)24-12(17(27)28)8(7-31-16(11)24)4-5-9-3-2-6-30-9/h4-5,9,11,16H,2-3,6-7H2,1H3,(H,20,25)(H,27,28)(H2,19,21,23)/b5-4+,22-10-/t9?,11-,16+/m1/s1. The van der Waals surface area contributed by atoms with Gasteiger partial charge in [-0.15, -0.1) is 11.8 Å². The van der Waals surface area contributed by atoms with Gasteiger partial charge in [-0.3, -0.25) is 14.5 Å². The lowest BCUT2D eigenvalue weighted by Gasteiger charge is -2.49. The summed E-state index contributed by atoms with van der Waals surface area (Å²) in [5.41, 5.74) is 5.77. The molecule has 2 saturated heterocycles. The molecule has 14 heteroatoms. The lowest BCUT2D eigenvalue weighted by atomic mass is 10.0. The normalized spacial score (nSPS) is 25.7. The van der Waals surface area contributed by atoms with Crippen molar-refractivity contribution >= 4 is 51.9 Å². The summed E-state index contributed by atoms with van der Waals surface area (Å²) in [6, 6.07) is -0.927. The van der Waals surface area contributed by atoms with E-state index in [-0.39, 0.29) is 28.5 Å². The lowest BCUT2D eigenvalue weighted by molar-refractivity contribution is -0.150. The van der Waals surface area contributed by atoms with E-state index >= 15 is 0 Å². The number of oxime groups is 1. The van der Waals surface area contributed by atoms with Crippen LogP contribution in [0.3, 0.4) is 0 Å². The van der Waals surface area contributed by atoms with Gasteiger partial charge in [0.25, 0.3) is 11.8 Å². The summed E-state index contributed by atoms with van der Waals surface area (Å²) in [4.78, 5) is 47.3. The van der Waals surface area contributed by atoms with Gasteiger partial charge in [0, 0.05) is 23.9 Å². The number of thioether (sulfide) groups is 1. The van der Waals surface area contributed by atoms with Gasteiger partial charge < -0.3 is 25.7 Å². The molecule has 0 bridgehead atoms.